The van der Waals surface area contributed by atoms with E-state index in [4.69, 9.17) is 0 Å². The Morgan fingerprint density at radius 1 is 1.00 bits per heavy atom. The molecule has 2 heteroatoms. The molecule has 1 aromatic heterocycles. The molecule has 0 aliphatic carbocycles. The molecular formula is C18H21NSe. The van der Waals surface area contributed by atoms with Crippen LogP contribution in [-0.4, -0.2) is 21.0 Å². The number of nitrogens with zero attached hydrogens (tertiary/aromatic N) is 1. The van der Waals surface area contributed by atoms with E-state index >= 15 is 0 Å². The first-order valence-corrected chi connectivity index (χ1v) is 9.27. The number of hydrogen-bond acceptors (Lipinski definition) is 1. The molecule has 3 heterocycles. The van der Waals surface area contributed by atoms with E-state index in [9.17, 15) is 0 Å². The van der Waals surface area contributed by atoms with Crippen molar-refractivity contribution in [2.45, 2.75) is 44.9 Å². The minimum absolute atomic E-state index is 0.152. The second-order valence-electron chi connectivity index (χ2n) is 7.25. The zero-order valence-electron chi connectivity index (χ0n) is 12.7. The van der Waals surface area contributed by atoms with E-state index in [1.54, 1.807) is 15.7 Å². The van der Waals surface area contributed by atoms with E-state index in [0.29, 0.717) is 19.9 Å². The van der Waals surface area contributed by atoms with Crippen molar-refractivity contribution in [1.82, 2.24) is 0 Å². The van der Waals surface area contributed by atoms with Gasteiger partial charge >= 0.3 is 127 Å². The molecule has 0 radical (unpaired) electrons. The molecule has 0 saturated heterocycles. The number of benzene rings is 1. The molecule has 0 unspecified atom stereocenters. The molecule has 4 rings (SSSR count). The van der Waals surface area contributed by atoms with Gasteiger partial charge in [-0.2, -0.15) is 0 Å². The molecule has 2 aromatic rings. The molecule has 0 N–H and O–H groups in total. The van der Waals surface area contributed by atoms with Crippen LogP contribution in [0.4, 0.5) is 10.2 Å². The second-order valence-corrected chi connectivity index (χ2v) is 9.13. The van der Waals surface area contributed by atoms with E-state index < -0.39 is 0 Å². The van der Waals surface area contributed by atoms with Gasteiger partial charge in [0.05, 0.1) is 0 Å². The first-order valence-electron chi connectivity index (χ1n) is 7.42. The van der Waals surface area contributed by atoms with Gasteiger partial charge in [-0.1, -0.05) is 0 Å². The Balaban J connectivity index is 2.09. The Hall–Kier alpha value is -0.981. The predicted octanol–water partition coefficient (Wildman–Crippen LogP) is 4.20. The van der Waals surface area contributed by atoms with Crippen LogP contribution in [0.5, 0.6) is 0 Å². The number of rotatable bonds is 0. The van der Waals surface area contributed by atoms with Gasteiger partial charge in [0.2, 0.25) is 0 Å². The molecule has 2 aliphatic rings. The van der Waals surface area contributed by atoms with Crippen LogP contribution in [0.1, 0.15) is 50.8 Å². The summed E-state index contributed by atoms with van der Waals surface area (Å²) in [4.78, 5) is 5.03. The fraction of sp³-hybridized carbons (Fsp3) is 0.444. The Kier molecular flexibility index (Phi) is 2.43. The van der Waals surface area contributed by atoms with Gasteiger partial charge in [-0.3, -0.25) is 0 Å². The zero-order valence-corrected chi connectivity index (χ0v) is 14.4. The van der Waals surface area contributed by atoms with Gasteiger partial charge < -0.3 is 0 Å². The van der Waals surface area contributed by atoms with Crippen LogP contribution < -0.4 is 4.90 Å². The van der Waals surface area contributed by atoms with Crippen molar-refractivity contribution in [2.24, 2.45) is 0 Å². The summed E-state index contributed by atoms with van der Waals surface area (Å²) in [5.74, 6) is 0. The van der Waals surface area contributed by atoms with Gasteiger partial charge in [-0.15, -0.1) is 0 Å². The van der Waals surface area contributed by atoms with E-state index in [0.717, 1.165) is 0 Å². The van der Waals surface area contributed by atoms with Crippen molar-refractivity contribution in [3.63, 3.8) is 0 Å². The first kappa shape index (κ1) is 12.7. The molecule has 1 aromatic carbocycles. The van der Waals surface area contributed by atoms with E-state index in [-0.39, 0.29) is 5.41 Å². The average Bonchev–Trinajstić information content (AvgIpc) is 2.88. The van der Waals surface area contributed by atoms with Crippen molar-refractivity contribution in [3.8, 4) is 0 Å². The fourth-order valence-corrected chi connectivity index (χ4v) is 6.15. The molecule has 0 atom stereocenters. The van der Waals surface area contributed by atoms with Crippen LogP contribution in [0.3, 0.4) is 0 Å². The standard InChI is InChI=1S/C18H21NSe/c1-17(2)9-10-19-15-12(17)6-5-7-13(15)18(3,4)14-8-11-20-16(14)19/h5-8,11H,9-10H2,1-4H3. The third-order valence-electron chi connectivity index (χ3n) is 5.23. The third-order valence-corrected chi connectivity index (χ3v) is 7.20. The van der Waals surface area contributed by atoms with E-state index in [1.165, 1.54) is 24.2 Å². The molecule has 20 heavy (non-hydrogen) atoms. The van der Waals surface area contributed by atoms with Crippen LogP contribution in [0, 0.1) is 0 Å². The number of anilines is 2. The summed E-state index contributed by atoms with van der Waals surface area (Å²) < 4.78 is 1.61. The quantitative estimate of drug-likeness (QED) is 0.654. The van der Waals surface area contributed by atoms with E-state index in [1.807, 2.05) is 0 Å². The summed E-state index contributed by atoms with van der Waals surface area (Å²) in [6, 6.07) is 9.33. The molecule has 104 valence electrons. The summed E-state index contributed by atoms with van der Waals surface area (Å²) >= 11 is 0.513. The van der Waals surface area contributed by atoms with Crippen LogP contribution in [0.2, 0.25) is 0 Å². The topological polar surface area (TPSA) is 3.24 Å². The Morgan fingerprint density at radius 3 is 2.55 bits per heavy atom. The molecule has 0 amide bonds. The molecule has 1 nitrogen and oxygen atoms in total. The third kappa shape index (κ3) is 1.44. The Morgan fingerprint density at radius 2 is 1.75 bits per heavy atom. The number of hydrogen-bond donors (Lipinski definition) is 0. The van der Waals surface area contributed by atoms with Crippen LogP contribution in [0.25, 0.3) is 0 Å². The van der Waals surface area contributed by atoms with Crippen molar-refractivity contribution >= 4 is 24.8 Å². The van der Waals surface area contributed by atoms with Gasteiger partial charge in [-0.05, 0) is 0 Å². The summed E-state index contributed by atoms with van der Waals surface area (Å²) in [7, 11) is 0. The summed E-state index contributed by atoms with van der Waals surface area (Å²) in [6.45, 7) is 10.8. The fourth-order valence-electron chi connectivity index (χ4n) is 3.86. The van der Waals surface area contributed by atoms with Gasteiger partial charge in [0.1, 0.15) is 0 Å². The molecule has 0 saturated carbocycles. The normalized spacial score (nSPS) is 21.3. The monoisotopic (exact) mass is 331 g/mol. The van der Waals surface area contributed by atoms with Crippen LogP contribution in [0.15, 0.2) is 29.2 Å². The molecular weight excluding hydrogens is 309 g/mol. The number of para-hydroxylation sites is 1. The predicted molar refractivity (Wildman–Crippen MR) is 86.6 cm³/mol. The first-order chi connectivity index (χ1) is 9.43. The average molecular weight is 330 g/mol. The maximum atomic E-state index is 2.64. The van der Waals surface area contributed by atoms with Crippen LogP contribution in [-0.2, 0) is 10.8 Å². The van der Waals surface area contributed by atoms with Crippen molar-refractivity contribution in [3.05, 3.63) is 45.9 Å². The summed E-state index contributed by atoms with van der Waals surface area (Å²) in [6.07, 6.45) is 1.25. The van der Waals surface area contributed by atoms with Crippen molar-refractivity contribution < 1.29 is 0 Å². The SMILES string of the molecule is CC1(C)CCN2c3[se]ccc3C(C)(C)c3cccc1c32. The van der Waals surface area contributed by atoms with Gasteiger partial charge in [0, 0.05) is 0 Å². The maximum absolute atomic E-state index is 2.64. The summed E-state index contributed by atoms with van der Waals surface area (Å²) in [5, 5.41) is 0. The minimum atomic E-state index is 0.152. The van der Waals surface area contributed by atoms with Gasteiger partial charge in [0.25, 0.3) is 0 Å². The molecule has 0 fully saturated rings. The van der Waals surface area contributed by atoms with Gasteiger partial charge in [-0.25, -0.2) is 0 Å². The van der Waals surface area contributed by atoms with E-state index in [2.05, 4.69) is 61.8 Å². The van der Waals surface area contributed by atoms with Crippen molar-refractivity contribution in [1.29, 1.82) is 0 Å². The molecule has 0 bridgehead atoms. The van der Waals surface area contributed by atoms with Gasteiger partial charge in [0.15, 0.2) is 0 Å². The molecule has 2 aliphatic heterocycles. The Bertz CT molecular complexity index is 693. The second kappa shape index (κ2) is 3.81. The zero-order chi connectivity index (χ0) is 14.1. The number of fused-ring (bicyclic) bond motifs is 2. The molecule has 0 spiro atoms. The van der Waals surface area contributed by atoms with Crippen LogP contribution >= 0.6 is 0 Å². The van der Waals surface area contributed by atoms with Crippen molar-refractivity contribution in [2.75, 3.05) is 11.4 Å². The Labute approximate surface area is 127 Å². The summed E-state index contributed by atoms with van der Waals surface area (Å²) in [5.41, 5.74) is 6.60.